The molecule has 0 radical (unpaired) electrons. The third-order valence-corrected chi connectivity index (χ3v) is 4.58. The van der Waals surface area contributed by atoms with E-state index in [2.05, 4.69) is 40.3 Å². The zero-order chi connectivity index (χ0) is 18.8. The number of carbonyl (C=O) groups excluding carboxylic acids is 1. The van der Waals surface area contributed by atoms with Crippen molar-refractivity contribution in [3.8, 4) is 11.5 Å². The molecule has 0 heterocycles. The summed E-state index contributed by atoms with van der Waals surface area (Å²) < 4.78 is 11.9. The lowest BCUT2D eigenvalue weighted by atomic mass is 10.1. The molecule has 0 unspecified atom stereocenters. The van der Waals surface area contributed by atoms with E-state index < -0.39 is 0 Å². The molecule has 2 rings (SSSR count). The van der Waals surface area contributed by atoms with Crippen molar-refractivity contribution in [2.75, 3.05) is 19.8 Å². The zero-order valence-electron chi connectivity index (χ0n) is 15.4. The highest BCUT2D eigenvalue weighted by molar-refractivity contribution is 9.10. The molecule has 1 N–H and O–H groups in total. The minimum atomic E-state index is -0.108. The smallest absolute Gasteiger partial charge is 0.257 e. The van der Waals surface area contributed by atoms with E-state index in [9.17, 15) is 4.79 Å². The number of benzene rings is 2. The Morgan fingerprint density at radius 1 is 1.04 bits per heavy atom. The van der Waals surface area contributed by atoms with E-state index in [1.807, 2.05) is 37.3 Å². The first-order chi connectivity index (χ1) is 12.6. The summed E-state index contributed by atoms with van der Waals surface area (Å²) in [5.41, 5.74) is 2.46. The van der Waals surface area contributed by atoms with Crippen LogP contribution in [-0.4, -0.2) is 25.7 Å². The van der Waals surface area contributed by atoms with Crippen molar-refractivity contribution < 1.29 is 14.3 Å². The molecule has 2 aromatic carbocycles. The fourth-order valence-corrected chi connectivity index (χ4v) is 3.06. The molecule has 4 nitrogen and oxygen atoms in total. The van der Waals surface area contributed by atoms with Crippen molar-refractivity contribution in [3.05, 3.63) is 58.1 Å². The van der Waals surface area contributed by atoms with Crippen LogP contribution in [0.5, 0.6) is 11.5 Å². The summed E-state index contributed by atoms with van der Waals surface area (Å²) in [6.07, 6.45) is 2.76. The first-order valence-electron chi connectivity index (χ1n) is 9.02. The van der Waals surface area contributed by atoms with Gasteiger partial charge in [-0.25, -0.2) is 0 Å². The molecule has 0 fully saturated rings. The van der Waals surface area contributed by atoms with Gasteiger partial charge in [-0.3, -0.25) is 4.79 Å². The van der Waals surface area contributed by atoms with Crippen LogP contribution in [0.3, 0.4) is 0 Å². The fourth-order valence-electron chi connectivity index (χ4n) is 2.51. The molecule has 0 bridgehead atoms. The largest absolute Gasteiger partial charge is 0.494 e. The third-order valence-electron chi connectivity index (χ3n) is 3.96. The number of rotatable bonds is 10. The maximum atomic E-state index is 11.9. The molecule has 1 amide bonds. The molecule has 2 aromatic rings. The summed E-state index contributed by atoms with van der Waals surface area (Å²) in [4.78, 5) is 11.9. The summed E-state index contributed by atoms with van der Waals surface area (Å²) >= 11 is 3.48. The second kappa shape index (κ2) is 10.9. The van der Waals surface area contributed by atoms with Gasteiger partial charge in [0, 0.05) is 6.54 Å². The van der Waals surface area contributed by atoms with Gasteiger partial charge >= 0.3 is 0 Å². The lowest BCUT2D eigenvalue weighted by Gasteiger charge is -2.10. The summed E-state index contributed by atoms with van der Waals surface area (Å²) in [6, 6.07) is 14.0. The Hall–Kier alpha value is -2.01. The standard InChI is InChI=1S/C21H26BrNO3/c1-3-16-9-12-20(19(22)14-16)26-15-21(24)23-13-5-6-17-7-10-18(11-8-17)25-4-2/h7-12,14H,3-6,13,15H2,1-2H3,(H,23,24). The van der Waals surface area contributed by atoms with E-state index in [0.717, 1.165) is 29.5 Å². The molecular weight excluding hydrogens is 394 g/mol. The van der Waals surface area contributed by atoms with E-state index in [1.165, 1.54) is 11.1 Å². The van der Waals surface area contributed by atoms with Gasteiger partial charge in [-0.2, -0.15) is 0 Å². The lowest BCUT2D eigenvalue weighted by molar-refractivity contribution is -0.123. The number of ether oxygens (including phenoxy) is 2. The van der Waals surface area contributed by atoms with Crippen LogP contribution in [0, 0.1) is 0 Å². The van der Waals surface area contributed by atoms with Crippen LogP contribution in [0.2, 0.25) is 0 Å². The summed E-state index contributed by atoms with van der Waals surface area (Å²) in [6.45, 7) is 5.40. The Morgan fingerprint density at radius 2 is 1.77 bits per heavy atom. The van der Waals surface area contributed by atoms with Gasteiger partial charge in [0.15, 0.2) is 6.61 Å². The van der Waals surface area contributed by atoms with Gasteiger partial charge < -0.3 is 14.8 Å². The molecule has 0 aliphatic heterocycles. The fraction of sp³-hybridized carbons (Fsp3) is 0.381. The summed E-state index contributed by atoms with van der Waals surface area (Å²) in [7, 11) is 0. The number of carbonyl (C=O) groups is 1. The molecule has 0 aliphatic rings. The van der Waals surface area contributed by atoms with E-state index in [1.54, 1.807) is 0 Å². The average molecular weight is 420 g/mol. The maximum Gasteiger partial charge on any atom is 0.257 e. The van der Waals surface area contributed by atoms with Crippen LogP contribution in [0.1, 0.15) is 31.4 Å². The Labute approximate surface area is 164 Å². The van der Waals surface area contributed by atoms with Crippen molar-refractivity contribution in [1.29, 1.82) is 0 Å². The SMILES string of the molecule is CCOc1ccc(CCCNC(=O)COc2ccc(CC)cc2Br)cc1. The first kappa shape index (κ1) is 20.3. The van der Waals surface area contributed by atoms with Gasteiger partial charge in [-0.05, 0) is 77.5 Å². The lowest BCUT2D eigenvalue weighted by Crippen LogP contribution is -2.30. The van der Waals surface area contributed by atoms with Crippen LogP contribution in [0.15, 0.2) is 46.9 Å². The minimum Gasteiger partial charge on any atom is -0.494 e. The van der Waals surface area contributed by atoms with E-state index in [4.69, 9.17) is 9.47 Å². The monoisotopic (exact) mass is 419 g/mol. The topological polar surface area (TPSA) is 47.6 Å². The van der Waals surface area contributed by atoms with Gasteiger partial charge in [-0.15, -0.1) is 0 Å². The molecule has 0 atom stereocenters. The molecule has 140 valence electrons. The maximum absolute atomic E-state index is 11.9. The van der Waals surface area contributed by atoms with Crippen molar-refractivity contribution in [2.24, 2.45) is 0 Å². The Balaban J connectivity index is 1.66. The van der Waals surface area contributed by atoms with Crippen LogP contribution in [0.4, 0.5) is 0 Å². The van der Waals surface area contributed by atoms with Gasteiger partial charge in [0.1, 0.15) is 11.5 Å². The van der Waals surface area contributed by atoms with Crippen molar-refractivity contribution in [2.45, 2.75) is 33.1 Å². The third kappa shape index (κ3) is 6.71. The molecule has 0 aromatic heterocycles. The van der Waals surface area contributed by atoms with Crippen LogP contribution < -0.4 is 14.8 Å². The van der Waals surface area contributed by atoms with Crippen molar-refractivity contribution in [1.82, 2.24) is 5.32 Å². The predicted octanol–water partition coefficient (Wildman–Crippen LogP) is 4.54. The average Bonchev–Trinajstić information content (AvgIpc) is 2.65. The van der Waals surface area contributed by atoms with Crippen LogP contribution in [0.25, 0.3) is 0 Å². The highest BCUT2D eigenvalue weighted by atomic mass is 79.9. The number of aryl methyl sites for hydroxylation is 2. The van der Waals surface area contributed by atoms with Gasteiger partial charge in [0.05, 0.1) is 11.1 Å². The minimum absolute atomic E-state index is 0.0210. The Kier molecular flexibility index (Phi) is 8.48. The normalized spacial score (nSPS) is 10.4. The van der Waals surface area contributed by atoms with Crippen molar-refractivity contribution in [3.63, 3.8) is 0 Å². The quantitative estimate of drug-likeness (QED) is 0.575. The van der Waals surface area contributed by atoms with Crippen molar-refractivity contribution >= 4 is 21.8 Å². The molecule has 26 heavy (non-hydrogen) atoms. The highest BCUT2D eigenvalue weighted by Crippen LogP contribution is 2.26. The second-order valence-corrected chi connectivity index (χ2v) is 6.79. The predicted molar refractivity (Wildman–Crippen MR) is 108 cm³/mol. The number of hydrogen-bond acceptors (Lipinski definition) is 3. The number of nitrogens with one attached hydrogen (secondary N) is 1. The molecule has 0 spiro atoms. The highest BCUT2D eigenvalue weighted by Gasteiger charge is 2.06. The number of amides is 1. The molecule has 0 saturated heterocycles. The Bertz CT molecular complexity index is 701. The molecule has 5 heteroatoms. The Morgan fingerprint density at radius 3 is 2.42 bits per heavy atom. The van der Waals surface area contributed by atoms with E-state index >= 15 is 0 Å². The van der Waals surface area contributed by atoms with Crippen LogP contribution in [-0.2, 0) is 17.6 Å². The molecule has 0 saturated carbocycles. The zero-order valence-corrected chi connectivity index (χ0v) is 17.0. The number of halogens is 1. The van der Waals surface area contributed by atoms with Gasteiger partial charge in [0.2, 0.25) is 0 Å². The van der Waals surface area contributed by atoms with Gasteiger partial charge in [-0.1, -0.05) is 25.1 Å². The van der Waals surface area contributed by atoms with E-state index in [-0.39, 0.29) is 12.5 Å². The summed E-state index contributed by atoms with van der Waals surface area (Å²) in [5.74, 6) is 1.47. The second-order valence-electron chi connectivity index (χ2n) is 5.94. The molecule has 0 aliphatic carbocycles. The first-order valence-corrected chi connectivity index (χ1v) is 9.81. The van der Waals surface area contributed by atoms with E-state index in [0.29, 0.717) is 18.9 Å². The molecular formula is C21H26BrNO3. The number of hydrogen-bond donors (Lipinski definition) is 1. The summed E-state index contributed by atoms with van der Waals surface area (Å²) in [5, 5.41) is 2.89. The van der Waals surface area contributed by atoms with Gasteiger partial charge in [0.25, 0.3) is 5.91 Å². The van der Waals surface area contributed by atoms with Crippen LogP contribution >= 0.6 is 15.9 Å².